The summed E-state index contributed by atoms with van der Waals surface area (Å²) >= 11 is 0. The van der Waals surface area contributed by atoms with Gasteiger partial charge in [0.2, 0.25) is 10.0 Å². The molecule has 0 aliphatic heterocycles. The molecule has 0 radical (unpaired) electrons. The van der Waals surface area contributed by atoms with Crippen LogP contribution in [-0.2, 0) is 16.4 Å². The molecule has 0 bridgehead atoms. The van der Waals surface area contributed by atoms with Gasteiger partial charge in [0.25, 0.3) is 0 Å². The first-order valence-electron chi connectivity index (χ1n) is 7.62. The van der Waals surface area contributed by atoms with Gasteiger partial charge in [0.15, 0.2) is 0 Å². The van der Waals surface area contributed by atoms with Crippen molar-refractivity contribution in [1.82, 2.24) is 4.72 Å². The van der Waals surface area contributed by atoms with Crippen LogP contribution in [0.25, 0.3) is 11.0 Å². The fourth-order valence-electron chi connectivity index (χ4n) is 2.65. The number of ether oxygens (including phenoxy) is 1. The average molecular weight is 345 g/mol. The van der Waals surface area contributed by atoms with Gasteiger partial charge in [-0.2, -0.15) is 0 Å². The van der Waals surface area contributed by atoms with Gasteiger partial charge < -0.3 is 9.15 Å². The van der Waals surface area contributed by atoms with Gasteiger partial charge in [0.05, 0.1) is 7.11 Å². The number of nitrogens with one attached hydrogen (secondary N) is 1. The van der Waals surface area contributed by atoms with Crippen LogP contribution in [0.15, 0.2) is 63.9 Å². The van der Waals surface area contributed by atoms with Crippen LogP contribution in [0.5, 0.6) is 5.75 Å². The molecule has 2 aromatic carbocycles. The van der Waals surface area contributed by atoms with Crippen LogP contribution in [-0.4, -0.2) is 21.6 Å². The van der Waals surface area contributed by atoms with Gasteiger partial charge in [-0.1, -0.05) is 30.3 Å². The van der Waals surface area contributed by atoms with Crippen LogP contribution in [0.1, 0.15) is 12.7 Å². The normalized spacial score (nSPS) is 13.1. The number of hydrogen-bond acceptors (Lipinski definition) is 4. The van der Waals surface area contributed by atoms with E-state index in [0.29, 0.717) is 12.2 Å². The Morgan fingerprint density at radius 2 is 1.83 bits per heavy atom. The van der Waals surface area contributed by atoms with E-state index in [1.54, 1.807) is 25.1 Å². The third kappa shape index (κ3) is 3.44. The van der Waals surface area contributed by atoms with E-state index >= 15 is 0 Å². The van der Waals surface area contributed by atoms with E-state index in [-0.39, 0.29) is 10.9 Å². The van der Waals surface area contributed by atoms with Gasteiger partial charge in [0, 0.05) is 17.8 Å². The van der Waals surface area contributed by atoms with Crippen LogP contribution in [0.2, 0.25) is 0 Å². The third-order valence-electron chi connectivity index (χ3n) is 3.70. The van der Waals surface area contributed by atoms with Gasteiger partial charge >= 0.3 is 0 Å². The summed E-state index contributed by atoms with van der Waals surface area (Å²) < 4.78 is 38.7. The summed E-state index contributed by atoms with van der Waals surface area (Å²) in [6.45, 7) is 1.81. The second-order valence-electron chi connectivity index (χ2n) is 5.63. The topological polar surface area (TPSA) is 68.5 Å². The maximum atomic E-state index is 12.6. The standard InChI is InChI=1S/C18H19NO4S/c1-13(11-15-12-14-7-3-4-8-16(14)23-15)19-24(20,21)18-10-6-5-9-17(18)22-2/h3-10,12-13,19H,11H2,1-2H3/t13-/m0/s1. The Morgan fingerprint density at radius 1 is 1.12 bits per heavy atom. The highest BCUT2D eigenvalue weighted by atomic mass is 32.2. The molecule has 0 amide bonds. The molecule has 1 heterocycles. The Morgan fingerprint density at radius 3 is 2.58 bits per heavy atom. The largest absolute Gasteiger partial charge is 0.495 e. The van der Waals surface area contributed by atoms with Crippen molar-refractivity contribution in [2.24, 2.45) is 0 Å². The first kappa shape index (κ1) is 16.5. The first-order valence-corrected chi connectivity index (χ1v) is 9.11. The van der Waals surface area contributed by atoms with Crippen LogP contribution in [0, 0.1) is 0 Å². The molecule has 0 saturated heterocycles. The summed E-state index contributed by atoms with van der Waals surface area (Å²) in [4.78, 5) is 0.129. The van der Waals surface area contributed by atoms with Crippen LogP contribution in [0.3, 0.4) is 0 Å². The van der Waals surface area contributed by atoms with Gasteiger partial charge in [-0.3, -0.25) is 0 Å². The van der Waals surface area contributed by atoms with Crippen molar-refractivity contribution in [2.75, 3.05) is 7.11 Å². The minimum absolute atomic E-state index is 0.129. The molecule has 1 aromatic heterocycles. The summed E-state index contributed by atoms with van der Waals surface area (Å²) in [5, 5.41) is 1.01. The van der Waals surface area contributed by atoms with Crippen LogP contribution >= 0.6 is 0 Å². The van der Waals surface area contributed by atoms with Crippen molar-refractivity contribution in [2.45, 2.75) is 24.3 Å². The Hall–Kier alpha value is -2.31. The lowest BCUT2D eigenvalue weighted by Crippen LogP contribution is -2.34. The third-order valence-corrected chi connectivity index (χ3v) is 5.33. The van der Waals surface area contributed by atoms with Crippen molar-refractivity contribution in [3.05, 3.63) is 60.4 Å². The van der Waals surface area contributed by atoms with Gasteiger partial charge in [-0.05, 0) is 31.2 Å². The summed E-state index contributed by atoms with van der Waals surface area (Å²) in [6, 6.07) is 15.9. The van der Waals surface area contributed by atoms with E-state index in [0.717, 1.165) is 16.7 Å². The molecule has 6 heteroatoms. The smallest absolute Gasteiger partial charge is 0.244 e. The predicted octanol–water partition coefficient (Wildman–Crippen LogP) is 3.35. The number of furan rings is 1. The number of hydrogen-bond donors (Lipinski definition) is 1. The van der Waals surface area contributed by atoms with E-state index in [1.165, 1.54) is 13.2 Å². The maximum absolute atomic E-state index is 12.6. The highest BCUT2D eigenvalue weighted by molar-refractivity contribution is 7.89. The average Bonchev–Trinajstić information content (AvgIpc) is 2.96. The number of para-hydroxylation sites is 2. The van der Waals surface area contributed by atoms with Gasteiger partial charge in [-0.25, -0.2) is 13.1 Å². The van der Waals surface area contributed by atoms with E-state index in [9.17, 15) is 8.42 Å². The lowest BCUT2D eigenvalue weighted by molar-refractivity contribution is 0.402. The molecule has 0 aliphatic rings. The zero-order valence-electron chi connectivity index (χ0n) is 13.5. The van der Waals surface area contributed by atoms with Crippen LogP contribution in [0.4, 0.5) is 0 Å². The first-order chi connectivity index (χ1) is 11.5. The zero-order chi connectivity index (χ0) is 17.2. The second-order valence-corrected chi connectivity index (χ2v) is 7.31. The molecule has 1 atom stereocenters. The Balaban J connectivity index is 1.77. The molecule has 126 valence electrons. The molecule has 0 aliphatic carbocycles. The Labute approximate surface area is 141 Å². The molecule has 24 heavy (non-hydrogen) atoms. The fraction of sp³-hybridized carbons (Fsp3) is 0.222. The number of sulfonamides is 1. The number of rotatable bonds is 6. The fourth-order valence-corrected chi connectivity index (χ4v) is 4.06. The second kappa shape index (κ2) is 6.67. The quantitative estimate of drug-likeness (QED) is 0.744. The molecule has 0 saturated carbocycles. The van der Waals surface area contributed by atoms with Crippen LogP contribution < -0.4 is 9.46 Å². The molecule has 3 aromatic rings. The van der Waals surface area contributed by atoms with E-state index in [4.69, 9.17) is 9.15 Å². The summed E-state index contributed by atoms with van der Waals surface area (Å²) in [5.74, 6) is 1.06. The molecule has 0 spiro atoms. The van der Waals surface area contributed by atoms with Crippen molar-refractivity contribution in [3.8, 4) is 5.75 Å². The minimum Gasteiger partial charge on any atom is -0.495 e. The summed E-state index contributed by atoms with van der Waals surface area (Å²) in [6.07, 6.45) is 0.461. The van der Waals surface area contributed by atoms with Gasteiger partial charge in [-0.15, -0.1) is 0 Å². The lowest BCUT2D eigenvalue weighted by atomic mass is 10.2. The highest BCUT2D eigenvalue weighted by Gasteiger charge is 2.22. The molecule has 1 N–H and O–H groups in total. The van der Waals surface area contributed by atoms with E-state index in [1.807, 2.05) is 30.3 Å². The van der Waals surface area contributed by atoms with Crippen molar-refractivity contribution >= 4 is 21.0 Å². The molecule has 0 fully saturated rings. The van der Waals surface area contributed by atoms with E-state index < -0.39 is 10.0 Å². The molecule has 3 rings (SSSR count). The van der Waals surface area contributed by atoms with Crippen molar-refractivity contribution < 1.29 is 17.6 Å². The highest BCUT2D eigenvalue weighted by Crippen LogP contribution is 2.24. The number of benzene rings is 2. The maximum Gasteiger partial charge on any atom is 0.244 e. The Kier molecular flexibility index (Phi) is 4.59. The Bertz CT molecular complexity index is 913. The van der Waals surface area contributed by atoms with Crippen molar-refractivity contribution in [3.63, 3.8) is 0 Å². The predicted molar refractivity (Wildman–Crippen MR) is 92.7 cm³/mol. The van der Waals surface area contributed by atoms with E-state index in [2.05, 4.69) is 4.72 Å². The minimum atomic E-state index is -3.67. The zero-order valence-corrected chi connectivity index (χ0v) is 14.3. The molecule has 5 nitrogen and oxygen atoms in total. The number of methoxy groups -OCH3 is 1. The lowest BCUT2D eigenvalue weighted by Gasteiger charge is -2.15. The molecular weight excluding hydrogens is 326 g/mol. The molecular formula is C18H19NO4S. The van der Waals surface area contributed by atoms with Gasteiger partial charge in [0.1, 0.15) is 22.0 Å². The summed E-state index contributed by atoms with van der Waals surface area (Å²) in [7, 11) is -2.22. The molecule has 0 unspecified atom stereocenters. The van der Waals surface area contributed by atoms with Crippen molar-refractivity contribution in [1.29, 1.82) is 0 Å². The summed E-state index contributed by atoms with van der Waals surface area (Å²) in [5.41, 5.74) is 0.798. The number of fused-ring (bicyclic) bond motifs is 1. The SMILES string of the molecule is COc1ccccc1S(=O)(=O)N[C@@H](C)Cc1cc2ccccc2o1. The monoisotopic (exact) mass is 345 g/mol.